The number of benzene rings is 2. The van der Waals surface area contributed by atoms with Gasteiger partial charge in [0.25, 0.3) is 0 Å². The van der Waals surface area contributed by atoms with Crippen molar-refractivity contribution in [2.24, 2.45) is 4.99 Å². The number of pyridine rings is 1. The molecule has 4 rings (SSSR count). The molecule has 2 aromatic carbocycles. The zero-order valence-electron chi connectivity index (χ0n) is 14.1. The van der Waals surface area contributed by atoms with Crippen LogP contribution in [-0.4, -0.2) is 16.4 Å². The van der Waals surface area contributed by atoms with E-state index in [9.17, 15) is 4.39 Å². The Morgan fingerprint density at radius 2 is 1.81 bits per heavy atom. The van der Waals surface area contributed by atoms with E-state index in [-0.39, 0.29) is 5.82 Å². The zero-order chi connectivity index (χ0) is 18.1. The molecule has 1 aromatic heterocycles. The van der Waals surface area contributed by atoms with Crippen LogP contribution in [0.1, 0.15) is 23.6 Å². The lowest BCUT2D eigenvalue weighted by atomic mass is 9.97. The van der Waals surface area contributed by atoms with Crippen molar-refractivity contribution < 1.29 is 9.13 Å². The number of para-hydroxylation sites is 1. The first kappa shape index (κ1) is 16.7. The lowest BCUT2D eigenvalue weighted by Gasteiger charge is -2.33. The summed E-state index contributed by atoms with van der Waals surface area (Å²) in [6.45, 7) is 1.93. The predicted molar refractivity (Wildman–Crippen MR) is 100 cm³/mol. The van der Waals surface area contributed by atoms with Gasteiger partial charge in [0.2, 0.25) is 5.72 Å². The first-order valence-electron chi connectivity index (χ1n) is 8.27. The van der Waals surface area contributed by atoms with Crippen LogP contribution in [0.15, 0.2) is 71.9 Å². The topological polar surface area (TPSA) is 34.5 Å². The van der Waals surface area contributed by atoms with Gasteiger partial charge < -0.3 is 4.74 Å². The summed E-state index contributed by atoms with van der Waals surface area (Å²) in [5.74, 6) is 0.502. The average molecular weight is 367 g/mol. The summed E-state index contributed by atoms with van der Waals surface area (Å²) in [5.41, 5.74) is 2.73. The molecule has 0 radical (unpaired) electrons. The van der Waals surface area contributed by atoms with Crippen molar-refractivity contribution in [1.82, 2.24) is 4.98 Å². The Labute approximate surface area is 156 Å². The fourth-order valence-corrected chi connectivity index (χ4v) is 3.21. The highest BCUT2D eigenvalue weighted by molar-refractivity contribution is 6.29. The maximum Gasteiger partial charge on any atom is 0.202 e. The third-order valence-corrected chi connectivity index (χ3v) is 4.49. The van der Waals surface area contributed by atoms with E-state index in [1.165, 1.54) is 12.1 Å². The Morgan fingerprint density at radius 3 is 2.54 bits per heavy atom. The molecule has 1 atom stereocenters. The number of hydrogen-bond acceptors (Lipinski definition) is 3. The number of aliphatic imine (C=N–C) groups is 1. The highest BCUT2D eigenvalue weighted by Gasteiger charge is 2.33. The van der Waals surface area contributed by atoms with Crippen LogP contribution in [0.4, 0.5) is 4.39 Å². The molecule has 0 N–H and O–H groups in total. The van der Waals surface area contributed by atoms with Crippen molar-refractivity contribution in [2.45, 2.75) is 19.1 Å². The summed E-state index contributed by atoms with van der Waals surface area (Å²) < 4.78 is 19.4. The van der Waals surface area contributed by atoms with Gasteiger partial charge in [-0.3, -0.25) is 0 Å². The molecule has 0 amide bonds. The van der Waals surface area contributed by atoms with Crippen molar-refractivity contribution in [2.75, 3.05) is 0 Å². The summed E-state index contributed by atoms with van der Waals surface area (Å²) >= 11 is 5.92. The molecule has 0 spiro atoms. The lowest BCUT2D eigenvalue weighted by Crippen LogP contribution is -2.38. The Balaban J connectivity index is 1.78. The summed E-state index contributed by atoms with van der Waals surface area (Å²) in [7, 11) is 0. The second-order valence-electron chi connectivity index (χ2n) is 6.41. The minimum Gasteiger partial charge on any atom is -0.465 e. The fraction of sp³-hybridized carbons (Fsp3) is 0.143. The van der Waals surface area contributed by atoms with E-state index < -0.39 is 5.72 Å². The van der Waals surface area contributed by atoms with E-state index in [4.69, 9.17) is 21.3 Å². The van der Waals surface area contributed by atoms with E-state index in [1.54, 1.807) is 24.4 Å². The lowest BCUT2D eigenvalue weighted by molar-refractivity contribution is 0.0947. The molecule has 1 aliphatic rings. The highest BCUT2D eigenvalue weighted by Crippen LogP contribution is 2.34. The van der Waals surface area contributed by atoms with E-state index >= 15 is 0 Å². The van der Waals surface area contributed by atoms with Gasteiger partial charge >= 0.3 is 0 Å². The summed E-state index contributed by atoms with van der Waals surface area (Å²) in [6.07, 6.45) is 2.23. The van der Waals surface area contributed by atoms with Crippen LogP contribution in [0.5, 0.6) is 5.75 Å². The van der Waals surface area contributed by atoms with Crippen molar-refractivity contribution >= 4 is 17.3 Å². The molecular formula is C21H16ClFN2O. The van der Waals surface area contributed by atoms with Gasteiger partial charge in [0.05, 0.1) is 5.71 Å². The van der Waals surface area contributed by atoms with Crippen LogP contribution in [0, 0.1) is 5.82 Å². The monoisotopic (exact) mass is 366 g/mol. The zero-order valence-corrected chi connectivity index (χ0v) is 14.9. The molecule has 0 aliphatic carbocycles. The molecular weight excluding hydrogens is 351 g/mol. The minimum atomic E-state index is -0.804. The quantitative estimate of drug-likeness (QED) is 0.607. The number of rotatable bonds is 3. The minimum absolute atomic E-state index is 0.259. The third kappa shape index (κ3) is 3.33. The van der Waals surface area contributed by atoms with E-state index in [1.807, 2.05) is 37.3 Å². The molecule has 1 aliphatic heterocycles. The Morgan fingerprint density at radius 1 is 1.04 bits per heavy atom. The predicted octanol–water partition coefficient (Wildman–Crippen LogP) is 5.06. The molecule has 0 saturated carbocycles. The molecule has 0 fully saturated rings. The molecule has 0 saturated heterocycles. The summed E-state index contributed by atoms with van der Waals surface area (Å²) in [6, 6.07) is 17.8. The SMILES string of the molecule is CC1(Cc2ccc(F)cc2)N=C(c2ccc(Cl)nc2)c2ccccc2O1. The van der Waals surface area contributed by atoms with Crippen molar-refractivity contribution in [3.8, 4) is 5.75 Å². The van der Waals surface area contributed by atoms with Gasteiger partial charge in [-0.25, -0.2) is 14.4 Å². The van der Waals surface area contributed by atoms with E-state index in [0.29, 0.717) is 11.6 Å². The van der Waals surface area contributed by atoms with Crippen molar-refractivity contribution in [3.05, 3.63) is 94.5 Å². The maximum atomic E-state index is 13.2. The molecule has 130 valence electrons. The summed E-state index contributed by atoms with van der Waals surface area (Å²) in [4.78, 5) is 9.06. The third-order valence-electron chi connectivity index (χ3n) is 4.27. The van der Waals surface area contributed by atoms with E-state index in [2.05, 4.69) is 4.98 Å². The number of ether oxygens (including phenoxy) is 1. The highest BCUT2D eigenvalue weighted by atomic mass is 35.5. The average Bonchev–Trinajstić information content (AvgIpc) is 2.63. The second-order valence-corrected chi connectivity index (χ2v) is 6.79. The van der Waals surface area contributed by atoms with E-state index in [0.717, 1.165) is 28.2 Å². The van der Waals surface area contributed by atoms with Gasteiger partial charge in [0.1, 0.15) is 16.7 Å². The van der Waals surface area contributed by atoms with Gasteiger partial charge in [0, 0.05) is 23.7 Å². The van der Waals surface area contributed by atoms with Crippen molar-refractivity contribution in [1.29, 1.82) is 0 Å². The Bertz CT molecular complexity index is 970. The van der Waals surface area contributed by atoms with Crippen LogP contribution in [0.25, 0.3) is 0 Å². The number of aromatic nitrogens is 1. The number of hydrogen-bond donors (Lipinski definition) is 0. The molecule has 3 aromatic rings. The van der Waals surface area contributed by atoms with Crippen LogP contribution >= 0.6 is 11.6 Å². The fourth-order valence-electron chi connectivity index (χ4n) is 3.10. The van der Waals surface area contributed by atoms with Crippen LogP contribution < -0.4 is 4.74 Å². The summed E-state index contributed by atoms with van der Waals surface area (Å²) in [5, 5.41) is 0.434. The Hall–Kier alpha value is -2.72. The molecule has 2 heterocycles. The maximum absolute atomic E-state index is 13.2. The van der Waals surface area contributed by atoms with Gasteiger partial charge in [0.15, 0.2) is 0 Å². The molecule has 5 heteroatoms. The molecule has 1 unspecified atom stereocenters. The molecule has 0 bridgehead atoms. The van der Waals surface area contributed by atoms with Gasteiger partial charge in [-0.05, 0) is 48.9 Å². The molecule has 26 heavy (non-hydrogen) atoms. The van der Waals surface area contributed by atoms with Gasteiger partial charge in [-0.1, -0.05) is 35.9 Å². The van der Waals surface area contributed by atoms with Crippen LogP contribution in [0.2, 0.25) is 5.15 Å². The first-order valence-corrected chi connectivity index (χ1v) is 8.65. The number of fused-ring (bicyclic) bond motifs is 1. The smallest absolute Gasteiger partial charge is 0.202 e. The molecule has 3 nitrogen and oxygen atoms in total. The van der Waals surface area contributed by atoms with Gasteiger partial charge in [-0.15, -0.1) is 0 Å². The standard InChI is InChI=1S/C21H16ClFN2O/c1-21(12-14-6-9-16(23)10-7-14)25-20(15-8-11-19(22)24-13-15)17-4-2-3-5-18(17)26-21/h2-11,13H,12H2,1H3. The Kier molecular flexibility index (Phi) is 4.21. The van der Waals surface area contributed by atoms with Crippen molar-refractivity contribution in [3.63, 3.8) is 0 Å². The van der Waals surface area contributed by atoms with Crippen LogP contribution in [-0.2, 0) is 6.42 Å². The number of halogens is 2. The van der Waals surface area contributed by atoms with Gasteiger partial charge in [-0.2, -0.15) is 0 Å². The first-order chi connectivity index (χ1) is 12.5. The second kappa shape index (κ2) is 6.54. The van der Waals surface area contributed by atoms with Crippen LogP contribution in [0.3, 0.4) is 0 Å². The number of nitrogens with zero attached hydrogens (tertiary/aromatic N) is 2. The normalized spacial score (nSPS) is 18.7. The largest absolute Gasteiger partial charge is 0.465 e.